The molecule has 0 heterocycles. The van der Waals surface area contributed by atoms with Gasteiger partial charge in [0.05, 0.1) is 18.8 Å². The summed E-state index contributed by atoms with van der Waals surface area (Å²) >= 11 is 0. The van der Waals surface area contributed by atoms with E-state index < -0.39 is 0 Å². The van der Waals surface area contributed by atoms with Crippen LogP contribution in [0.2, 0.25) is 0 Å². The summed E-state index contributed by atoms with van der Waals surface area (Å²) in [5.41, 5.74) is 2.13. The molecule has 0 aromatic heterocycles. The highest BCUT2D eigenvalue weighted by molar-refractivity contribution is 5.92. The lowest BCUT2D eigenvalue weighted by Gasteiger charge is -2.30. The molecule has 1 atom stereocenters. The maximum atomic E-state index is 13.3. The van der Waals surface area contributed by atoms with Gasteiger partial charge in [0, 0.05) is 18.3 Å². The predicted molar refractivity (Wildman–Crippen MR) is 141 cm³/mol. The van der Waals surface area contributed by atoms with E-state index in [1.54, 1.807) is 31.2 Å². The van der Waals surface area contributed by atoms with Gasteiger partial charge in [-0.3, -0.25) is 0 Å². The zero-order valence-electron chi connectivity index (χ0n) is 21.9. The van der Waals surface area contributed by atoms with Crippen LogP contribution in [-0.2, 0) is 11.3 Å². The second-order valence-corrected chi connectivity index (χ2v) is 8.45. The zero-order chi connectivity index (χ0) is 25.6. The van der Waals surface area contributed by atoms with Gasteiger partial charge in [0.15, 0.2) is 0 Å². The molecule has 2 amide bonds. The molecule has 0 aliphatic carbocycles. The van der Waals surface area contributed by atoms with Gasteiger partial charge in [0.1, 0.15) is 5.75 Å². The normalized spacial score (nSPS) is 11.7. The number of benzene rings is 2. The first-order valence-electron chi connectivity index (χ1n) is 12.7. The minimum Gasteiger partial charge on any atom is -0.494 e. The lowest BCUT2D eigenvalue weighted by atomic mass is 10.1. The number of esters is 1. The van der Waals surface area contributed by atoms with Gasteiger partial charge in [0.25, 0.3) is 0 Å². The topological polar surface area (TPSA) is 71.1 Å². The summed E-state index contributed by atoms with van der Waals surface area (Å²) in [6.45, 7) is 14.7. The number of carbonyl (C=O) groups excluding carboxylic acids is 2. The summed E-state index contributed by atoms with van der Waals surface area (Å²) in [6.07, 6.45) is 1.92. The fraction of sp³-hybridized carbons (Fsp3) is 0.500. The van der Waals surface area contributed by atoms with Crippen LogP contribution >= 0.6 is 0 Å². The van der Waals surface area contributed by atoms with E-state index in [4.69, 9.17) is 9.47 Å². The lowest BCUT2D eigenvalue weighted by Crippen LogP contribution is -2.41. The van der Waals surface area contributed by atoms with Crippen molar-refractivity contribution >= 4 is 17.7 Å². The molecular weight excluding hydrogens is 442 g/mol. The third-order valence-electron chi connectivity index (χ3n) is 6.02. The third kappa shape index (κ3) is 9.25. The highest BCUT2D eigenvalue weighted by Gasteiger charge is 2.21. The van der Waals surface area contributed by atoms with Crippen molar-refractivity contribution in [3.05, 3.63) is 59.7 Å². The fourth-order valence-corrected chi connectivity index (χ4v) is 3.89. The van der Waals surface area contributed by atoms with Crippen LogP contribution in [0.15, 0.2) is 48.5 Å². The Balaban J connectivity index is 2.11. The molecule has 0 aliphatic rings. The standard InChI is InChI=1S/C28H41N3O4/c1-6-30(7-2)20-10-11-22(5)31(21-23-12-18-26(19-13-23)34-8-3)28(33)29-25-16-14-24(15-17-25)27(32)35-9-4/h12-19,22H,6-11,20-21H2,1-5H3,(H,29,33). The van der Waals surface area contributed by atoms with Crippen molar-refractivity contribution in [1.29, 1.82) is 0 Å². The molecule has 0 saturated carbocycles. The van der Waals surface area contributed by atoms with Gasteiger partial charge in [-0.15, -0.1) is 0 Å². The number of urea groups is 1. The first-order chi connectivity index (χ1) is 16.9. The number of nitrogens with zero attached hydrogens (tertiary/aromatic N) is 2. The van der Waals surface area contributed by atoms with Gasteiger partial charge in [-0.25, -0.2) is 9.59 Å². The van der Waals surface area contributed by atoms with E-state index in [2.05, 4.69) is 31.0 Å². The van der Waals surface area contributed by atoms with E-state index in [1.165, 1.54) is 0 Å². The first kappa shape index (κ1) is 28.2. The van der Waals surface area contributed by atoms with Crippen LogP contribution in [0.25, 0.3) is 0 Å². The molecule has 7 heteroatoms. The van der Waals surface area contributed by atoms with Crippen LogP contribution in [-0.4, -0.2) is 60.7 Å². The monoisotopic (exact) mass is 483 g/mol. The predicted octanol–water partition coefficient (Wildman–Crippen LogP) is 5.81. The van der Waals surface area contributed by atoms with Crippen molar-refractivity contribution in [1.82, 2.24) is 9.80 Å². The smallest absolute Gasteiger partial charge is 0.338 e. The van der Waals surface area contributed by atoms with Gasteiger partial charge in [-0.2, -0.15) is 0 Å². The Morgan fingerprint density at radius 2 is 1.57 bits per heavy atom. The number of carbonyl (C=O) groups is 2. The van der Waals surface area contributed by atoms with Gasteiger partial charge < -0.3 is 24.6 Å². The highest BCUT2D eigenvalue weighted by atomic mass is 16.5. The summed E-state index contributed by atoms with van der Waals surface area (Å²) in [4.78, 5) is 29.5. The molecule has 0 fully saturated rings. The Morgan fingerprint density at radius 1 is 0.914 bits per heavy atom. The van der Waals surface area contributed by atoms with Crippen LogP contribution in [0, 0.1) is 0 Å². The number of hydrogen-bond donors (Lipinski definition) is 1. The van der Waals surface area contributed by atoms with Crippen molar-refractivity contribution in [3.63, 3.8) is 0 Å². The van der Waals surface area contributed by atoms with Crippen molar-refractivity contribution in [2.45, 2.75) is 60.0 Å². The molecule has 0 saturated heterocycles. The first-order valence-corrected chi connectivity index (χ1v) is 12.7. The summed E-state index contributed by atoms with van der Waals surface area (Å²) in [5.74, 6) is 0.450. The van der Waals surface area contributed by atoms with Crippen LogP contribution in [0.5, 0.6) is 5.75 Å². The zero-order valence-corrected chi connectivity index (χ0v) is 21.9. The van der Waals surface area contributed by atoms with Gasteiger partial charge in [0.2, 0.25) is 0 Å². The van der Waals surface area contributed by atoms with E-state index in [1.807, 2.05) is 36.1 Å². The number of hydrogen-bond acceptors (Lipinski definition) is 5. The van der Waals surface area contributed by atoms with Gasteiger partial charge in [-0.1, -0.05) is 26.0 Å². The summed E-state index contributed by atoms with van der Waals surface area (Å²) in [7, 11) is 0. The SMILES string of the molecule is CCOC(=O)c1ccc(NC(=O)N(Cc2ccc(OCC)cc2)C(C)CCCN(CC)CC)cc1. The molecule has 2 rings (SSSR count). The van der Waals surface area contributed by atoms with Gasteiger partial charge >= 0.3 is 12.0 Å². The minimum absolute atomic E-state index is 0.0518. The van der Waals surface area contributed by atoms with E-state index in [0.29, 0.717) is 31.0 Å². The number of anilines is 1. The number of amides is 2. The van der Waals surface area contributed by atoms with Crippen LogP contribution < -0.4 is 10.1 Å². The molecular formula is C28H41N3O4. The van der Waals surface area contributed by atoms with Crippen LogP contribution in [0.1, 0.15) is 63.4 Å². The summed E-state index contributed by atoms with van der Waals surface area (Å²) < 4.78 is 10.6. The molecule has 7 nitrogen and oxygen atoms in total. The summed E-state index contributed by atoms with van der Waals surface area (Å²) in [5, 5.41) is 2.99. The Bertz CT molecular complexity index is 895. The number of nitrogens with one attached hydrogen (secondary N) is 1. The maximum absolute atomic E-state index is 13.3. The maximum Gasteiger partial charge on any atom is 0.338 e. The van der Waals surface area contributed by atoms with Crippen LogP contribution in [0.4, 0.5) is 10.5 Å². The second-order valence-electron chi connectivity index (χ2n) is 8.45. The fourth-order valence-electron chi connectivity index (χ4n) is 3.89. The highest BCUT2D eigenvalue weighted by Crippen LogP contribution is 2.19. The van der Waals surface area contributed by atoms with Gasteiger partial charge in [-0.05, 0) is 95.2 Å². The Morgan fingerprint density at radius 3 is 2.14 bits per heavy atom. The molecule has 1 unspecified atom stereocenters. The quantitative estimate of drug-likeness (QED) is 0.344. The molecule has 2 aromatic rings. The Labute approximate surface area is 210 Å². The Hall–Kier alpha value is -3.06. The average molecular weight is 484 g/mol. The number of ether oxygens (including phenoxy) is 2. The second kappa shape index (κ2) is 15.0. The molecule has 0 spiro atoms. The third-order valence-corrected chi connectivity index (χ3v) is 6.02. The molecule has 35 heavy (non-hydrogen) atoms. The average Bonchev–Trinajstić information content (AvgIpc) is 2.86. The van der Waals surface area contributed by atoms with Crippen molar-refractivity contribution in [2.75, 3.05) is 38.2 Å². The molecule has 0 radical (unpaired) electrons. The van der Waals surface area contributed by atoms with Crippen molar-refractivity contribution < 1.29 is 19.1 Å². The van der Waals surface area contributed by atoms with Crippen LogP contribution in [0.3, 0.4) is 0 Å². The largest absolute Gasteiger partial charge is 0.494 e. The lowest BCUT2D eigenvalue weighted by molar-refractivity contribution is 0.0526. The van der Waals surface area contributed by atoms with E-state index in [0.717, 1.165) is 43.8 Å². The Kier molecular flexibility index (Phi) is 12.1. The number of rotatable bonds is 14. The van der Waals surface area contributed by atoms with E-state index in [-0.39, 0.29) is 18.0 Å². The molecule has 2 aromatic carbocycles. The van der Waals surface area contributed by atoms with E-state index >= 15 is 0 Å². The molecule has 192 valence electrons. The molecule has 1 N–H and O–H groups in total. The molecule has 0 bridgehead atoms. The minimum atomic E-state index is -0.371. The van der Waals surface area contributed by atoms with Crippen molar-refractivity contribution in [2.24, 2.45) is 0 Å². The molecule has 0 aliphatic heterocycles. The van der Waals surface area contributed by atoms with E-state index in [9.17, 15) is 9.59 Å². The summed E-state index contributed by atoms with van der Waals surface area (Å²) in [6, 6.07) is 14.5. The van der Waals surface area contributed by atoms with Crippen molar-refractivity contribution in [3.8, 4) is 5.75 Å².